The molecule has 2 amide bonds. The molecule has 1 aliphatic carbocycles. The first-order chi connectivity index (χ1) is 17.9. The SMILES string of the molecule is N#CCC1(n2cc(C(N)=O)c(NC(=O)C3CC3)n2)CCN(Cc2ccc(-c3ccccc3)c(Cl)c2)CC1. The molecule has 0 unspecified atom stereocenters. The molecule has 0 bridgehead atoms. The van der Waals surface area contributed by atoms with Crippen LogP contribution in [0.3, 0.4) is 0 Å². The standard InChI is InChI=1S/C28H29ClN6O2/c29-24-16-19(6-9-22(24)20-4-2-1-3-5-20)17-34-14-11-28(10-13-30,12-15-34)35-18-23(25(31)36)26(33-35)32-27(37)21-7-8-21/h1-6,9,16,18,21H,7-8,10-12,14-15,17H2,(H2,31,36)(H,32,33,37). The highest BCUT2D eigenvalue weighted by molar-refractivity contribution is 6.33. The molecule has 2 heterocycles. The van der Waals surface area contributed by atoms with Gasteiger partial charge < -0.3 is 11.1 Å². The van der Waals surface area contributed by atoms with E-state index >= 15 is 0 Å². The first-order valence-electron chi connectivity index (χ1n) is 12.5. The molecular formula is C28H29ClN6O2. The Kier molecular flexibility index (Phi) is 7.00. The monoisotopic (exact) mass is 516 g/mol. The van der Waals surface area contributed by atoms with Crippen LogP contribution in [0.15, 0.2) is 54.7 Å². The van der Waals surface area contributed by atoms with Gasteiger partial charge in [-0.25, -0.2) is 0 Å². The molecule has 1 aliphatic heterocycles. The molecule has 8 nitrogen and oxygen atoms in total. The Morgan fingerprint density at radius 3 is 2.51 bits per heavy atom. The fourth-order valence-electron chi connectivity index (χ4n) is 4.98. The van der Waals surface area contributed by atoms with Crippen LogP contribution in [0.2, 0.25) is 5.02 Å². The summed E-state index contributed by atoms with van der Waals surface area (Å²) in [6.07, 6.45) is 4.85. The summed E-state index contributed by atoms with van der Waals surface area (Å²) in [6.45, 7) is 2.23. The molecule has 190 valence electrons. The van der Waals surface area contributed by atoms with Crippen LogP contribution in [0.5, 0.6) is 0 Å². The highest BCUT2D eigenvalue weighted by Crippen LogP contribution is 2.36. The van der Waals surface area contributed by atoms with Crippen LogP contribution in [0.25, 0.3) is 11.1 Å². The molecule has 0 atom stereocenters. The molecule has 1 saturated carbocycles. The summed E-state index contributed by atoms with van der Waals surface area (Å²) in [5.41, 5.74) is 8.39. The smallest absolute Gasteiger partial charge is 0.254 e. The van der Waals surface area contributed by atoms with E-state index in [1.54, 1.807) is 10.9 Å². The van der Waals surface area contributed by atoms with Gasteiger partial charge >= 0.3 is 0 Å². The number of nitrogens with two attached hydrogens (primary N) is 1. The molecule has 3 aromatic rings. The van der Waals surface area contributed by atoms with E-state index in [-0.39, 0.29) is 29.6 Å². The molecule has 1 aromatic heterocycles. The Hall–Kier alpha value is -3.67. The maximum atomic E-state index is 12.3. The molecule has 0 spiro atoms. The Balaban J connectivity index is 1.30. The van der Waals surface area contributed by atoms with Crippen molar-refractivity contribution in [3.8, 4) is 17.2 Å². The van der Waals surface area contributed by atoms with Gasteiger partial charge in [0.05, 0.1) is 18.0 Å². The zero-order chi connectivity index (χ0) is 26.0. The highest BCUT2D eigenvalue weighted by atomic mass is 35.5. The van der Waals surface area contributed by atoms with Gasteiger partial charge in [0.15, 0.2) is 5.82 Å². The van der Waals surface area contributed by atoms with Crippen LogP contribution in [0.4, 0.5) is 5.82 Å². The number of anilines is 1. The van der Waals surface area contributed by atoms with Crippen molar-refractivity contribution in [2.75, 3.05) is 18.4 Å². The Morgan fingerprint density at radius 1 is 1.16 bits per heavy atom. The van der Waals surface area contributed by atoms with Crippen LogP contribution in [-0.2, 0) is 16.9 Å². The number of aromatic nitrogens is 2. The Morgan fingerprint density at radius 2 is 1.89 bits per heavy atom. The third-order valence-corrected chi connectivity index (χ3v) is 7.69. The van der Waals surface area contributed by atoms with E-state index in [4.69, 9.17) is 17.3 Å². The molecule has 3 N–H and O–H groups in total. The summed E-state index contributed by atoms with van der Waals surface area (Å²) in [6, 6.07) is 18.5. The lowest BCUT2D eigenvalue weighted by Gasteiger charge is -2.40. The number of piperidine rings is 1. The number of carbonyl (C=O) groups excluding carboxylic acids is 2. The summed E-state index contributed by atoms with van der Waals surface area (Å²) >= 11 is 6.62. The number of amides is 2. The zero-order valence-corrected chi connectivity index (χ0v) is 21.2. The summed E-state index contributed by atoms with van der Waals surface area (Å²) in [7, 11) is 0. The molecule has 0 radical (unpaired) electrons. The quantitative estimate of drug-likeness (QED) is 0.455. The molecule has 2 aromatic carbocycles. The third kappa shape index (κ3) is 5.38. The Bertz CT molecular complexity index is 1350. The number of nitrogens with one attached hydrogen (secondary N) is 1. The number of hydrogen-bond donors (Lipinski definition) is 2. The second kappa shape index (κ2) is 10.4. The minimum Gasteiger partial charge on any atom is -0.365 e. The van der Waals surface area contributed by atoms with Crippen molar-refractivity contribution < 1.29 is 9.59 Å². The molecule has 1 saturated heterocycles. The predicted molar refractivity (Wildman–Crippen MR) is 142 cm³/mol. The lowest BCUT2D eigenvalue weighted by molar-refractivity contribution is -0.117. The topological polar surface area (TPSA) is 117 Å². The van der Waals surface area contributed by atoms with Crippen LogP contribution < -0.4 is 11.1 Å². The van der Waals surface area contributed by atoms with Crippen LogP contribution in [0.1, 0.15) is 48.0 Å². The second-order valence-corrected chi connectivity index (χ2v) is 10.4. The summed E-state index contributed by atoms with van der Waals surface area (Å²) < 4.78 is 1.68. The van der Waals surface area contributed by atoms with E-state index in [1.165, 1.54) is 0 Å². The maximum Gasteiger partial charge on any atom is 0.254 e. The fourth-order valence-corrected chi connectivity index (χ4v) is 5.29. The normalized spacial score (nSPS) is 17.2. The van der Waals surface area contributed by atoms with E-state index in [1.807, 2.05) is 36.4 Å². The number of rotatable bonds is 8. The average molecular weight is 517 g/mol. The van der Waals surface area contributed by atoms with Crippen LogP contribution in [-0.4, -0.2) is 39.6 Å². The summed E-state index contributed by atoms with van der Waals surface area (Å²) in [5, 5.41) is 17.7. The molecule has 2 aliphatic rings. The molecule has 37 heavy (non-hydrogen) atoms. The maximum absolute atomic E-state index is 12.3. The molecule has 9 heteroatoms. The number of benzene rings is 2. The van der Waals surface area contributed by atoms with E-state index in [0.717, 1.165) is 54.2 Å². The average Bonchev–Trinajstić information content (AvgIpc) is 3.66. The van der Waals surface area contributed by atoms with Crippen LogP contribution in [0, 0.1) is 17.2 Å². The largest absolute Gasteiger partial charge is 0.365 e. The van der Waals surface area contributed by atoms with E-state index in [2.05, 4.69) is 33.5 Å². The number of nitriles is 1. The number of likely N-dealkylation sites (tertiary alicyclic amines) is 1. The van der Waals surface area contributed by atoms with Gasteiger partial charge in [0.25, 0.3) is 5.91 Å². The van der Waals surface area contributed by atoms with Crippen molar-refractivity contribution in [1.29, 1.82) is 5.26 Å². The first kappa shape index (κ1) is 25.0. The van der Waals surface area contributed by atoms with Crippen molar-refractivity contribution in [2.45, 2.75) is 44.2 Å². The van der Waals surface area contributed by atoms with E-state index < -0.39 is 11.4 Å². The van der Waals surface area contributed by atoms with E-state index in [0.29, 0.717) is 12.8 Å². The summed E-state index contributed by atoms with van der Waals surface area (Å²) in [5.74, 6) is -0.652. The van der Waals surface area contributed by atoms with E-state index in [9.17, 15) is 14.9 Å². The molecule has 2 fully saturated rings. The van der Waals surface area contributed by atoms with Gasteiger partial charge in [0.1, 0.15) is 5.56 Å². The van der Waals surface area contributed by atoms with Crippen LogP contribution >= 0.6 is 11.6 Å². The Labute approximate surface area is 221 Å². The summed E-state index contributed by atoms with van der Waals surface area (Å²) in [4.78, 5) is 26.7. The predicted octanol–water partition coefficient (Wildman–Crippen LogP) is 4.56. The van der Waals surface area contributed by atoms with Gasteiger partial charge in [-0.1, -0.05) is 54.1 Å². The number of nitrogens with zero attached hydrogens (tertiary/aromatic N) is 4. The highest BCUT2D eigenvalue weighted by Gasteiger charge is 2.39. The zero-order valence-electron chi connectivity index (χ0n) is 20.5. The van der Waals surface area contributed by atoms with Gasteiger partial charge in [-0.05, 0) is 42.9 Å². The van der Waals surface area contributed by atoms with Crippen molar-refractivity contribution >= 4 is 29.2 Å². The van der Waals surface area contributed by atoms with Gasteiger partial charge in [0, 0.05) is 42.3 Å². The number of hydrogen-bond acceptors (Lipinski definition) is 5. The van der Waals surface area contributed by atoms with Crippen molar-refractivity contribution in [3.63, 3.8) is 0 Å². The van der Waals surface area contributed by atoms with Crippen molar-refractivity contribution in [1.82, 2.24) is 14.7 Å². The first-order valence-corrected chi connectivity index (χ1v) is 12.9. The van der Waals surface area contributed by atoms with Gasteiger partial charge in [-0.15, -0.1) is 0 Å². The second-order valence-electron chi connectivity index (χ2n) is 9.98. The third-order valence-electron chi connectivity index (χ3n) is 7.37. The lowest BCUT2D eigenvalue weighted by atomic mass is 9.84. The lowest BCUT2D eigenvalue weighted by Crippen LogP contribution is -2.46. The van der Waals surface area contributed by atoms with Crippen molar-refractivity contribution in [3.05, 3.63) is 70.9 Å². The minimum absolute atomic E-state index is 0.0301. The van der Waals surface area contributed by atoms with Gasteiger partial charge in [0.2, 0.25) is 5.91 Å². The molecule has 5 rings (SSSR count). The van der Waals surface area contributed by atoms with Gasteiger partial charge in [-0.3, -0.25) is 19.2 Å². The fraction of sp³-hybridized carbons (Fsp3) is 0.357. The number of carbonyl (C=O) groups is 2. The minimum atomic E-state index is -0.655. The van der Waals surface area contributed by atoms with Crippen molar-refractivity contribution in [2.24, 2.45) is 11.7 Å². The molecular weight excluding hydrogens is 488 g/mol. The number of primary amides is 1. The van der Waals surface area contributed by atoms with Gasteiger partial charge in [-0.2, -0.15) is 10.4 Å². The number of halogens is 1.